The maximum Gasteiger partial charge on any atom is 0.339 e. The molecule has 0 aliphatic rings. The Bertz CT molecular complexity index is 975. The largest absolute Gasteiger partial charge is 0.465 e. The first-order valence-corrected chi connectivity index (χ1v) is 9.40. The van der Waals surface area contributed by atoms with Crippen LogP contribution in [0.1, 0.15) is 21.7 Å². The van der Waals surface area contributed by atoms with Crippen molar-refractivity contribution in [3.05, 3.63) is 71.5 Å². The molecule has 0 saturated heterocycles. The Hall–Kier alpha value is -3.33. The highest BCUT2D eigenvalue weighted by Crippen LogP contribution is 2.19. The predicted molar refractivity (Wildman–Crippen MR) is 107 cm³/mol. The molecule has 1 heterocycles. The van der Waals surface area contributed by atoms with Crippen LogP contribution in [0.2, 0.25) is 0 Å². The summed E-state index contributed by atoms with van der Waals surface area (Å²) < 4.78 is 6.10. The number of carbonyl (C=O) groups excluding carboxylic acids is 2. The molecule has 3 rings (SSSR count). The van der Waals surface area contributed by atoms with Gasteiger partial charge in [0.1, 0.15) is 0 Å². The van der Waals surface area contributed by atoms with Crippen LogP contribution in [0.3, 0.4) is 0 Å². The number of nitrogens with two attached hydrogens (primary N) is 1. The molecule has 0 fully saturated rings. The zero-order valence-corrected chi connectivity index (χ0v) is 16.0. The van der Waals surface area contributed by atoms with Gasteiger partial charge in [0, 0.05) is 6.42 Å². The standard InChI is InChI=1S/C19H19N5O3S/c1-27-18(26)14-9-5-6-10-15(14)21-17(25)12-28-19-23-22-16(24(19)20)11-13-7-3-2-4-8-13/h2-10H,11-12,20H2,1H3,(H,21,25). The number of anilines is 1. The summed E-state index contributed by atoms with van der Waals surface area (Å²) in [6.07, 6.45) is 0.545. The number of methoxy groups -OCH3 is 1. The van der Waals surface area contributed by atoms with Gasteiger partial charge in [-0.2, -0.15) is 0 Å². The molecule has 1 amide bonds. The molecule has 2 aromatic carbocycles. The van der Waals surface area contributed by atoms with E-state index in [0.29, 0.717) is 23.1 Å². The summed E-state index contributed by atoms with van der Waals surface area (Å²) in [7, 11) is 1.29. The van der Waals surface area contributed by atoms with E-state index >= 15 is 0 Å². The number of nitrogens with one attached hydrogen (secondary N) is 1. The molecule has 9 heteroatoms. The van der Waals surface area contributed by atoms with Crippen LogP contribution < -0.4 is 11.2 Å². The van der Waals surface area contributed by atoms with Gasteiger partial charge in [-0.15, -0.1) is 10.2 Å². The number of para-hydroxylation sites is 1. The van der Waals surface area contributed by atoms with Crippen molar-refractivity contribution in [3.8, 4) is 0 Å². The van der Waals surface area contributed by atoms with Crippen molar-refractivity contribution in [2.75, 3.05) is 24.0 Å². The molecule has 0 spiro atoms. The molecule has 0 radical (unpaired) electrons. The summed E-state index contributed by atoms with van der Waals surface area (Å²) in [6.45, 7) is 0. The van der Waals surface area contributed by atoms with Gasteiger partial charge >= 0.3 is 5.97 Å². The number of carbonyl (C=O) groups is 2. The van der Waals surface area contributed by atoms with E-state index < -0.39 is 5.97 Å². The minimum Gasteiger partial charge on any atom is -0.465 e. The minimum atomic E-state index is -0.518. The normalized spacial score (nSPS) is 10.5. The van der Waals surface area contributed by atoms with Crippen LogP contribution >= 0.6 is 11.8 Å². The van der Waals surface area contributed by atoms with Crippen LogP contribution in [0.25, 0.3) is 0 Å². The lowest BCUT2D eigenvalue weighted by Gasteiger charge is -2.09. The molecule has 28 heavy (non-hydrogen) atoms. The van der Waals surface area contributed by atoms with Crippen molar-refractivity contribution >= 4 is 29.3 Å². The van der Waals surface area contributed by atoms with Crippen molar-refractivity contribution in [2.24, 2.45) is 0 Å². The van der Waals surface area contributed by atoms with Gasteiger partial charge < -0.3 is 15.9 Å². The Morgan fingerprint density at radius 2 is 1.82 bits per heavy atom. The van der Waals surface area contributed by atoms with E-state index in [1.807, 2.05) is 30.3 Å². The van der Waals surface area contributed by atoms with Crippen molar-refractivity contribution in [1.29, 1.82) is 0 Å². The number of ether oxygens (including phenoxy) is 1. The van der Waals surface area contributed by atoms with Gasteiger partial charge in [0.05, 0.1) is 24.1 Å². The van der Waals surface area contributed by atoms with E-state index in [1.54, 1.807) is 24.3 Å². The second kappa shape index (κ2) is 9.05. The Labute approximate surface area is 166 Å². The molecular formula is C19H19N5O3S. The zero-order chi connectivity index (χ0) is 19.9. The number of amides is 1. The van der Waals surface area contributed by atoms with Gasteiger partial charge in [0.25, 0.3) is 0 Å². The van der Waals surface area contributed by atoms with Gasteiger partial charge in [-0.1, -0.05) is 54.2 Å². The molecule has 0 aliphatic heterocycles. The SMILES string of the molecule is COC(=O)c1ccccc1NC(=O)CSc1nnc(Cc2ccccc2)n1N. The molecule has 0 atom stereocenters. The Balaban J connectivity index is 1.61. The minimum absolute atomic E-state index is 0.0657. The van der Waals surface area contributed by atoms with E-state index in [0.717, 1.165) is 17.3 Å². The first-order chi connectivity index (χ1) is 13.6. The number of esters is 1. The molecule has 1 aromatic heterocycles. The second-order valence-electron chi connectivity index (χ2n) is 5.81. The van der Waals surface area contributed by atoms with Crippen LogP contribution in [0.15, 0.2) is 59.8 Å². The lowest BCUT2D eigenvalue weighted by molar-refractivity contribution is -0.113. The Kier molecular flexibility index (Phi) is 6.28. The van der Waals surface area contributed by atoms with Gasteiger partial charge in [0.15, 0.2) is 5.82 Å². The highest BCUT2D eigenvalue weighted by Gasteiger charge is 2.15. The maximum absolute atomic E-state index is 12.3. The van der Waals surface area contributed by atoms with Crippen molar-refractivity contribution < 1.29 is 14.3 Å². The zero-order valence-electron chi connectivity index (χ0n) is 15.2. The number of rotatable bonds is 7. The molecule has 0 unspecified atom stereocenters. The van der Waals surface area contributed by atoms with Crippen LogP contribution in [0.4, 0.5) is 5.69 Å². The average molecular weight is 397 g/mol. The summed E-state index contributed by atoms with van der Waals surface area (Å²) in [4.78, 5) is 24.1. The number of hydrogen-bond acceptors (Lipinski definition) is 7. The summed E-state index contributed by atoms with van der Waals surface area (Å²) >= 11 is 1.16. The summed E-state index contributed by atoms with van der Waals surface area (Å²) in [5.74, 6) is 5.90. The quantitative estimate of drug-likeness (QED) is 0.357. The van der Waals surface area contributed by atoms with Crippen LogP contribution in [-0.2, 0) is 16.0 Å². The van der Waals surface area contributed by atoms with E-state index in [9.17, 15) is 9.59 Å². The van der Waals surface area contributed by atoms with Crippen molar-refractivity contribution in [3.63, 3.8) is 0 Å². The van der Waals surface area contributed by atoms with Gasteiger partial charge in [-0.25, -0.2) is 9.47 Å². The fraction of sp³-hybridized carbons (Fsp3) is 0.158. The molecule has 0 saturated carbocycles. The summed E-state index contributed by atoms with van der Waals surface area (Å²) in [5.41, 5.74) is 1.74. The lowest BCUT2D eigenvalue weighted by atomic mass is 10.1. The molecule has 0 bridgehead atoms. The maximum atomic E-state index is 12.3. The van der Waals surface area contributed by atoms with E-state index in [4.69, 9.17) is 10.6 Å². The monoisotopic (exact) mass is 397 g/mol. The number of aromatic nitrogens is 3. The summed E-state index contributed by atoms with van der Waals surface area (Å²) in [5, 5.41) is 11.3. The second-order valence-corrected chi connectivity index (χ2v) is 6.75. The third-order valence-electron chi connectivity index (χ3n) is 3.88. The van der Waals surface area contributed by atoms with E-state index in [1.165, 1.54) is 11.8 Å². The third-order valence-corrected chi connectivity index (χ3v) is 4.82. The number of benzene rings is 2. The molecule has 8 nitrogen and oxygen atoms in total. The van der Waals surface area contributed by atoms with Crippen LogP contribution in [0.5, 0.6) is 0 Å². The molecule has 144 valence electrons. The number of nitrogen functional groups attached to an aromatic ring is 1. The van der Waals surface area contributed by atoms with Gasteiger partial charge in [-0.3, -0.25) is 4.79 Å². The first-order valence-electron chi connectivity index (χ1n) is 8.41. The first kappa shape index (κ1) is 19.4. The highest BCUT2D eigenvalue weighted by molar-refractivity contribution is 7.99. The van der Waals surface area contributed by atoms with Crippen LogP contribution in [-0.4, -0.2) is 39.6 Å². The van der Waals surface area contributed by atoms with Crippen molar-refractivity contribution in [1.82, 2.24) is 14.9 Å². The van der Waals surface area contributed by atoms with Crippen molar-refractivity contribution in [2.45, 2.75) is 11.6 Å². The highest BCUT2D eigenvalue weighted by atomic mass is 32.2. The Morgan fingerprint density at radius 1 is 1.11 bits per heavy atom. The number of thioether (sulfide) groups is 1. The Morgan fingerprint density at radius 3 is 2.57 bits per heavy atom. The third kappa shape index (κ3) is 4.68. The molecule has 3 N–H and O–H groups in total. The predicted octanol–water partition coefficient (Wildman–Crippen LogP) is 2.10. The smallest absolute Gasteiger partial charge is 0.339 e. The fourth-order valence-corrected chi connectivity index (χ4v) is 3.18. The molecule has 0 aliphatic carbocycles. The van der Waals surface area contributed by atoms with Gasteiger partial charge in [-0.05, 0) is 17.7 Å². The van der Waals surface area contributed by atoms with Crippen LogP contribution in [0, 0.1) is 0 Å². The topological polar surface area (TPSA) is 112 Å². The van der Waals surface area contributed by atoms with E-state index in [-0.39, 0.29) is 17.2 Å². The summed E-state index contributed by atoms with van der Waals surface area (Å²) in [6, 6.07) is 16.4. The molecular weight excluding hydrogens is 378 g/mol. The lowest BCUT2D eigenvalue weighted by Crippen LogP contribution is -2.18. The van der Waals surface area contributed by atoms with Gasteiger partial charge in [0.2, 0.25) is 11.1 Å². The van der Waals surface area contributed by atoms with E-state index in [2.05, 4.69) is 15.5 Å². The fourth-order valence-electron chi connectivity index (χ4n) is 2.50. The number of hydrogen-bond donors (Lipinski definition) is 2. The molecule has 3 aromatic rings. The number of nitrogens with zero attached hydrogens (tertiary/aromatic N) is 3. The average Bonchev–Trinajstić information content (AvgIpc) is 3.06.